The second-order valence-electron chi connectivity index (χ2n) is 7.83. The van der Waals surface area contributed by atoms with Gasteiger partial charge in [-0.05, 0) is 60.0 Å². The summed E-state index contributed by atoms with van der Waals surface area (Å²) in [6, 6.07) is 22.6. The van der Waals surface area contributed by atoms with E-state index < -0.39 is 0 Å². The van der Waals surface area contributed by atoms with E-state index in [-0.39, 0.29) is 24.0 Å². The fourth-order valence-corrected chi connectivity index (χ4v) is 3.55. The van der Waals surface area contributed by atoms with Crippen LogP contribution in [0.15, 0.2) is 95.9 Å². The summed E-state index contributed by atoms with van der Waals surface area (Å²) in [5.41, 5.74) is 4.75. The van der Waals surface area contributed by atoms with Crippen molar-refractivity contribution < 1.29 is 14.0 Å². The van der Waals surface area contributed by atoms with Gasteiger partial charge in [-0.2, -0.15) is 0 Å². The summed E-state index contributed by atoms with van der Waals surface area (Å²) in [4.78, 5) is 31.1. The van der Waals surface area contributed by atoms with Gasteiger partial charge < -0.3 is 14.6 Å². The zero-order chi connectivity index (χ0) is 23.0. The van der Waals surface area contributed by atoms with Gasteiger partial charge in [0.15, 0.2) is 5.76 Å². The number of amides is 2. The summed E-state index contributed by atoms with van der Waals surface area (Å²) >= 11 is 0. The molecule has 0 aliphatic carbocycles. The molecule has 4 aromatic rings. The Balaban J connectivity index is 1.46. The number of hydrogen-bond acceptors (Lipinski definition) is 4. The number of nitrogens with zero attached hydrogens (tertiary/aromatic N) is 2. The maximum Gasteiger partial charge on any atom is 0.294 e. The molecule has 166 valence electrons. The van der Waals surface area contributed by atoms with Crippen molar-refractivity contribution in [3.8, 4) is 0 Å². The predicted molar refractivity (Wildman–Crippen MR) is 127 cm³/mol. The third-order valence-corrected chi connectivity index (χ3v) is 5.25. The molecule has 2 aromatic carbocycles. The lowest BCUT2D eigenvalue weighted by Crippen LogP contribution is -2.30. The summed E-state index contributed by atoms with van der Waals surface area (Å²) < 4.78 is 5.35. The van der Waals surface area contributed by atoms with Gasteiger partial charge in [0.25, 0.3) is 5.91 Å². The van der Waals surface area contributed by atoms with Gasteiger partial charge in [-0.1, -0.05) is 42.0 Å². The summed E-state index contributed by atoms with van der Waals surface area (Å²) in [6.07, 6.45) is 5.15. The fraction of sp³-hybridized carbons (Fsp3) is 0.148. The predicted octanol–water partition coefficient (Wildman–Crippen LogP) is 4.69. The van der Waals surface area contributed by atoms with Crippen molar-refractivity contribution in [1.82, 2.24) is 10.3 Å². The monoisotopic (exact) mass is 439 g/mol. The summed E-state index contributed by atoms with van der Waals surface area (Å²) in [5.74, 6) is -0.00518. The van der Waals surface area contributed by atoms with Crippen LogP contribution >= 0.6 is 0 Å². The molecule has 0 bridgehead atoms. The van der Waals surface area contributed by atoms with Gasteiger partial charge >= 0.3 is 0 Å². The Morgan fingerprint density at radius 3 is 2.39 bits per heavy atom. The SMILES string of the molecule is Cc1cccc(CN(C(=O)c2ccco2)c2ccc(CC(=O)NCc3ccncc3)cc2)c1. The summed E-state index contributed by atoms with van der Waals surface area (Å²) in [5, 5.41) is 2.92. The topological polar surface area (TPSA) is 75.4 Å². The second-order valence-corrected chi connectivity index (χ2v) is 7.83. The second kappa shape index (κ2) is 10.4. The van der Waals surface area contributed by atoms with Crippen LogP contribution in [0, 0.1) is 6.92 Å². The molecule has 4 rings (SSSR count). The van der Waals surface area contributed by atoms with E-state index in [1.165, 1.54) is 6.26 Å². The molecular formula is C27H25N3O3. The van der Waals surface area contributed by atoms with E-state index in [4.69, 9.17) is 4.42 Å². The van der Waals surface area contributed by atoms with Gasteiger partial charge in [0.05, 0.1) is 19.2 Å². The maximum atomic E-state index is 13.1. The lowest BCUT2D eigenvalue weighted by atomic mass is 10.1. The molecule has 33 heavy (non-hydrogen) atoms. The lowest BCUT2D eigenvalue weighted by molar-refractivity contribution is -0.120. The van der Waals surface area contributed by atoms with Gasteiger partial charge in [0.2, 0.25) is 5.91 Å². The van der Waals surface area contributed by atoms with E-state index in [1.807, 2.05) is 61.5 Å². The van der Waals surface area contributed by atoms with Crippen molar-refractivity contribution in [2.75, 3.05) is 4.90 Å². The third kappa shape index (κ3) is 5.95. The number of pyridine rings is 1. The van der Waals surface area contributed by atoms with Crippen molar-refractivity contribution in [2.45, 2.75) is 26.4 Å². The van der Waals surface area contributed by atoms with Crippen LogP contribution in [0.2, 0.25) is 0 Å². The Bertz CT molecular complexity index is 1200. The standard InChI is InChI=1S/C27H25N3O3/c1-20-4-2-5-23(16-20)19-30(27(32)25-6-3-15-33-25)24-9-7-21(8-10-24)17-26(31)29-18-22-11-13-28-14-12-22/h2-16H,17-19H2,1H3,(H,29,31). The van der Waals surface area contributed by atoms with E-state index in [9.17, 15) is 9.59 Å². The zero-order valence-electron chi connectivity index (χ0n) is 18.4. The molecule has 0 spiro atoms. The quantitative estimate of drug-likeness (QED) is 0.432. The van der Waals surface area contributed by atoms with Crippen LogP contribution in [0.3, 0.4) is 0 Å². The molecule has 0 aliphatic rings. The molecule has 2 amide bonds. The first kappa shape index (κ1) is 22.0. The van der Waals surface area contributed by atoms with Gasteiger partial charge in [-0.15, -0.1) is 0 Å². The van der Waals surface area contributed by atoms with Crippen LogP contribution in [0.1, 0.15) is 32.8 Å². The molecule has 6 nitrogen and oxygen atoms in total. The van der Waals surface area contributed by atoms with Gasteiger partial charge in [0, 0.05) is 24.6 Å². The molecule has 0 unspecified atom stereocenters. The number of rotatable bonds is 8. The van der Waals surface area contributed by atoms with Crippen LogP contribution in [0.25, 0.3) is 0 Å². The van der Waals surface area contributed by atoms with Crippen molar-refractivity contribution in [1.29, 1.82) is 0 Å². The molecule has 0 saturated carbocycles. The molecule has 2 aromatic heterocycles. The third-order valence-electron chi connectivity index (χ3n) is 5.25. The van der Waals surface area contributed by atoms with Crippen LogP contribution in [-0.2, 0) is 24.3 Å². The van der Waals surface area contributed by atoms with E-state index in [0.29, 0.717) is 13.1 Å². The van der Waals surface area contributed by atoms with Crippen molar-refractivity contribution in [2.24, 2.45) is 0 Å². The Kier molecular flexibility index (Phi) is 6.95. The van der Waals surface area contributed by atoms with Crippen molar-refractivity contribution >= 4 is 17.5 Å². The van der Waals surface area contributed by atoms with E-state index >= 15 is 0 Å². The maximum absolute atomic E-state index is 13.1. The van der Waals surface area contributed by atoms with Crippen LogP contribution in [-0.4, -0.2) is 16.8 Å². The first-order valence-corrected chi connectivity index (χ1v) is 10.7. The number of nitrogens with one attached hydrogen (secondary N) is 1. The molecule has 0 saturated heterocycles. The average molecular weight is 440 g/mol. The van der Waals surface area contributed by atoms with Crippen LogP contribution in [0.4, 0.5) is 5.69 Å². The highest BCUT2D eigenvalue weighted by atomic mass is 16.3. The molecule has 0 atom stereocenters. The Morgan fingerprint density at radius 1 is 0.909 bits per heavy atom. The Hall–Kier alpha value is -4.19. The molecular weight excluding hydrogens is 414 g/mol. The highest BCUT2D eigenvalue weighted by Crippen LogP contribution is 2.22. The van der Waals surface area contributed by atoms with Crippen LogP contribution in [0.5, 0.6) is 0 Å². The highest BCUT2D eigenvalue weighted by molar-refractivity contribution is 6.04. The van der Waals surface area contributed by atoms with E-state index in [1.54, 1.807) is 29.4 Å². The summed E-state index contributed by atoms with van der Waals surface area (Å²) in [7, 11) is 0. The number of aromatic nitrogens is 1. The number of carbonyl (C=O) groups excluding carboxylic acids is 2. The Morgan fingerprint density at radius 2 is 1.70 bits per heavy atom. The molecule has 0 radical (unpaired) electrons. The van der Waals surface area contributed by atoms with Gasteiger partial charge in [-0.25, -0.2) is 0 Å². The minimum atomic E-state index is -0.218. The lowest BCUT2D eigenvalue weighted by Gasteiger charge is -2.22. The normalized spacial score (nSPS) is 10.6. The minimum Gasteiger partial charge on any atom is -0.459 e. The number of carbonyl (C=O) groups is 2. The number of hydrogen-bond donors (Lipinski definition) is 1. The number of furan rings is 1. The number of anilines is 1. The van der Waals surface area contributed by atoms with Gasteiger partial charge in [-0.3, -0.25) is 14.6 Å². The molecule has 1 N–H and O–H groups in total. The average Bonchev–Trinajstić information content (AvgIpc) is 3.37. The first-order chi connectivity index (χ1) is 16.1. The van der Waals surface area contributed by atoms with Gasteiger partial charge in [0.1, 0.15) is 0 Å². The minimum absolute atomic E-state index is 0.0668. The van der Waals surface area contributed by atoms with Crippen molar-refractivity contribution in [3.05, 3.63) is 119 Å². The highest BCUT2D eigenvalue weighted by Gasteiger charge is 2.20. The van der Waals surface area contributed by atoms with E-state index in [2.05, 4.69) is 16.4 Å². The van der Waals surface area contributed by atoms with Crippen LogP contribution < -0.4 is 10.2 Å². The van der Waals surface area contributed by atoms with Crippen molar-refractivity contribution in [3.63, 3.8) is 0 Å². The molecule has 0 fully saturated rings. The largest absolute Gasteiger partial charge is 0.459 e. The number of benzene rings is 2. The Labute approximate surface area is 192 Å². The summed E-state index contributed by atoms with van der Waals surface area (Å²) in [6.45, 7) is 2.89. The fourth-order valence-electron chi connectivity index (χ4n) is 3.55. The zero-order valence-corrected chi connectivity index (χ0v) is 18.4. The molecule has 6 heteroatoms. The first-order valence-electron chi connectivity index (χ1n) is 10.7. The van der Waals surface area contributed by atoms with E-state index in [0.717, 1.165) is 27.9 Å². The smallest absolute Gasteiger partial charge is 0.294 e. The molecule has 2 heterocycles. The number of aryl methyl sites for hydroxylation is 1. The molecule has 0 aliphatic heterocycles.